The van der Waals surface area contributed by atoms with Crippen molar-refractivity contribution in [1.29, 1.82) is 0 Å². The fourth-order valence-electron chi connectivity index (χ4n) is 4.39. The highest BCUT2D eigenvalue weighted by Crippen LogP contribution is 2.32. The Hall–Kier alpha value is -3.32. The molecule has 8 heteroatoms. The number of alkyl carbamates (subject to hydrolysis) is 1. The minimum absolute atomic E-state index is 0.0878. The topological polar surface area (TPSA) is 87.7 Å². The van der Waals surface area contributed by atoms with E-state index in [1.54, 1.807) is 37.8 Å². The van der Waals surface area contributed by atoms with E-state index in [4.69, 9.17) is 16.3 Å². The predicted octanol–water partition coefficient (Wildman–Crippen LogP) is 7.54. The zero-order chi connectivity index (χ0) is 30.2. The second-order valence-electron chi connectivity index (χ2n) is 11.5. The minimum Gasteiger partial charge on any atom is -0.444 e. The maximum Gasteiger partial charge on any atom is 0.408 e. The molecule has 218 valence electrons. The Morgan fingerprint density at radius 2 is 1.75 bits per heavy atom. The number of ether oxygens (including phenoxy) is 1. The van der Waals surface area contributed by atoms with Crippen LogP contribution in [0.5, 0.6) is 0 Å². The molecule has 0 fully saturated rings. The van der Waals surface area contributed by atoms with E-state index in [-0.39, 0.29) is 17.9 Å². The van der Waals surface area contributed by atoms with Gasteiger partial charge in [0.05, 0.1) is 10.7 Å². The number of para-hydroxylation sites is 1. The van der Waals surface area contributed by atoms with Crippen LogP contribution in [0.25, 0.3) is 6.08 Å². The quantitative estimate of drug-likeness (QED) is 0.292. The number of nitrogens with zero attached hydrogens (tertiary/aromatic N) is 1. The highest BCUT2D eigenvalue weighted by Gasteiger charge is 2.39. The van der Waals surface area contributed by atoms with Gasteiger partial charge in [0.1, 0.15) is 17.7 Å². The third-order valence-corrected chi connectivity index (χ3v) is 6.79. The van der Waals surface area contributed by atoms with E-state index in [1.165, 1.54) is 0 Å². The third-order valence-electron chi connectivity index (χ3n) is 6.48. The Bertz CT molecular complexity index is 1180. The van der Waals surface area contributed by atoms with Gasteiger partial charge in [-0.05, 0) is 82.2 Å². The molecule has 0 aliphatic carbocycles. The normalized spacial score (nSPS) is 13.7. The van der Waals surface area contributed by atoms with Gasteiger partial charge in [-0.25, -0.2) is 4.79 Å². The number of amides is 3. The van der Waals surface area contributed by atoms with Crippen LogP contribution in [0, 0.1) is 12.8 Å². The SMILES string of the molecule is C=Cc1cccc(C(C(=O)Nc2c(C)cccc2Cl)N(C(=O)C(CC(C)C)NC(=O)OC(C)(C)C)C(C)CC)c1. The van der Waals surface area contributed by atoms with E-state index in [1.807, 2.05) is 71.0 Å². The summed E-state index contributed by atoms with van der Waals surface area (Å²) >= 11 is 6.45. The molecule has 0 spiro atoms. The van der Waals surface area contributed by atoms with Gasteiger partial charge in [-0.2, -0.15) is 0 Å². The smallest absolute Gasteiger partial charge is 0.408 e. The van der Waals surface area contributed by atoms with Crippen molar-refractivity contribution >= 4 is 41.3 Å². The van der Waals surface area contributed by atoms with Crippen molar-refractivity contribution < 1.29 is 19.1 Å². The van der Waals surface area contributed by atoms with Gasteiger partial charge in [-0.15, -0.1) is 0 Å². The lowest BCUT2D eigenvalue weighted by Gasteiger charge is -2.38. The highest BCUT2D eigenvalue weighted by molar-refractivity contribution is 6.34. The van der Waals surface area contributed by atoms with E-state index >= 15 is 0 Å². The number of benzene rings is 2. The van der Waals surface area contributed by atoms with Crippen LogP contribution in [0.1, 0.15) is 84.0 Å². The molecule has 2 rings (SSSR count). The third kappa shape index (κ3) is 9.12. The molecule has 3 atom stereocenters. The molecule has 0 aliphatic rings. The maximum atomic E-state index is 14.4. The zero-order valence-electron chi connectivity index (χ0n) is 25.0. The van der Waals surface area contributed by atoms with Crippen LogP contribution in [-0.4, -0.2) is 40.5 Å². The summed E-state index contributed by atoms with van der Waals surface area (Å²) < 4.78 is 5.47. The van der Waals surface area contributed by atoms with E-state index in [0.717, 1.165) is 11.1 Å². The van der Waals surface area contributed by atoms with Crippen molar-refractivity contribution in [2.24, 2.45) is 5.92 Å². The molecule has 0 bridgehead atoms. The van der Waals surface area contributed by atoms with Crippen LogP contribution < -0.4 is 10.6 Å². The van der Waals surface area contributed by atoms with Crippen LogP contribution in [0.2, 0.25) is 5.02 Å². The summed E-state index contributed by atoms with van der Waals surface area (Å²) in [7, 11) is 0. The monoisotopic (exact) mass is 569 g/mol. The largest absolute Gasteiger partial charge is 0.444 e. The Morgan fingerprint density at radius 3 is 2.30 bits per heavy atom. The Morgan fingerprint density at radius 1 is 1.10 bits per heavy atom. The van der Waals surface area contributed by atoms with Crippen molar-refractivity contribution in [3.63, 3.8) is 0 Å². The van der Waals surface area contributed by atoms with Gasteiger partial charge >= 0.3 is 6.09 Å². The maximum absolute atomic E-state index is 14.4. The first-order valence-corrected chi connectivity index (χ1v) is 14.2. The molecule has 40 heavy (non-hydrogen) atoms. The van der Waals surface area contributed by atoms with Crippen LogP contribution in [-0.2, 0) is 14.3 Å². The molecule has 0 saturated carbocycles. The summed E-state index contributed by atoms with van der Waals surface area (Å²) in [6, 6.07) is 10.5. The lowest BCUT2D eigenvalue weighted by molar-refractivity contribution is -0.143. The molecule has 0 heterocycles. The molecule has 2 aromatic carbocycles. The first-order chi connectivity index (χ1) is 18.7. The summed E-state index contributed by atoms with van der Waals surface area (Å²) in [6.45, 7) is 18.8. The van der Waals surface area contributed by atoms with Crippen molar-refractivity contribution in [2.45, 2.75) is 92.0 Å². The summed E-state index contributed by atoms with van der Waals surface area (Å²) in [5.74, 6) is -0.689. The average molecular weight is 570 g/mol. The number of aryl methyl sites for hydroxylation is 1. The summed E-state index contributed by atoms with van der Waals surface area (Å²) in [6.07, 6.45) is 1.97. The number of carbonyl (C=O) groups excluding carboxylic acids is 3. The fraction of sp³-hybridized carbons (Fsp3) is 0.469. The molecule has 0 saturated heterocycles. The van der Waals surface area contributed by atoms with Gasteiger partial charge < -0.3 is 20.3 Å². The molecular weight excluding hydrogens is 526 g/mol. The van der Waals surface area contributed by atoms with Gasteiger partial charge in [0.15, 0.2) is 0 Å². The summed E-state index contributed by atoms with van der Waals surface area (Å²) in [4.78, 5) is 42.9. The lowest BCUT2D eigenvalue weighted by Crippen LogP contribution is -2.55. The second-order valence-corrected chi connectivity index (χ2v) is 11.9. The lowest BCUT2D eigenvalue weighted by atomic mass is 9.96. The highest BCUT2D eigenvalue weighted by atomic mass is 35.5. The minimum atomic E-state index is -1.01. The van der Waals surface area contributed by atoms with E-state index in [2.05, 4.69) is 17.2 Å². The molecule has 0 aromatic heterocycles. The molecule has 0 aliphatic heterocycles. The number of nitrogens with one attached hydrogen (secondary N) is 2. The standard InChI is InChI=1S/C32H44ClN3O4/c1-10-22(6)36(30(38)26(18-20(3)4)34-31(39)40-32(7,8)9)28(24-16-13-15-23(11-2)19-24)29(37)35-27-21(5)14-12-17-25(27)33/h11-17,19-20,22,26,28H,2,10,18H2,1,3-9H3,(H,34,39)(H,35,37). The molecule has 2 N–H and O–H groups in total. The molecule has 3 amide bonds. The molecule has 2 aromatic rings. The van der Waals surface area contributed by atoms with Gasteiger partial charge in [-0.3, -0.25) is 9.59 Å². The number of hydrogen-bond acceptors (Lipinski definition) is 4. The molecule has 3 unspecified atom stereocenters. The van der Waals surface area contributed by atoms with Crippen molar-refractivity contribution in [2.75, 3.05) is 5.32 Å². The van der Waals surface area contributed by atoms with E-state index < -0.39 is 29.7 Å². The van der Waals surface area contributed by atoms with Crippen LogP contribution in [0.3, 0.4) is 0 Å². The van der Waals surface area contributed by atoms with E-state index in [9.17, 15) is 14.4 Å². The fourth-order valence-corrected chi connectivity index (χ4v) is 4.66. The zero-order valence-corrected chi connectivity index (χ0v) is 25.8. The van der Waals surface area contributed by atoms with E-state index in [0.29, 0.717) is 29.1 Å². The van der Waals surface area contributed by atoms with Gasteiger partial charge in [0.25, 0.3) is 5.91 Å². The number of halogens is 1. The summed E-state index contributed by atoms with van der Waals surface area (Å²) in [5, 5.41) is 6.16. The number of anilines is 1. The Kier molecular flexibility index (Phi) is 11.8. The second kappa shape index (κ2) is 14.4. The van der Waals surface area contributed by atoms with Gasteiger partial charge in [-0.1, -0.05) is 75.4 Å². The molecule has 7 nitrogen and oxygen atoms in total. The van der Waals surface area contributed by atoms with Crippen LogP contribution in [0.15, 0.2) is 49.0 Å². The first-order valence-electron chi connectivity index (χ1n) is 13.8. The molecular formula is C32H44ClN3O4. The number of rotatable bonds is 11. The van der Waals surface area contributed by atoms with Gasteiger partial charge in [0, 0.05) is 6.04 Å². The first kappa shape index (κ1) is 32.9. The Labute approximate surface area is 244 Å². The van der Waals surface area contributed by atoms with Gasteiger partial charge in [0.2, 0.25) is 5.91 Å². The van der Waals surface area contributed by atoms with Crippen LogP contribution in [0.4, 0.5) is 10.5 Å². The molecule has 0 radical (unpaired) electrons. The van der Waals surface area contributed by atoms with Crippen molar-refractivity contribution in [3.8, 4) is 0 Å². The Balaban J connectivity index is 2.65. The number of hydrogen-bond donors (Lipinski definition) is 2. The van der Waals surface area contributed by atoms with Crippen molar-refractivity contribution in [3.05, 3.63) is 70.8 Å². The summed E-state index contributed by atoms with van der Waals surface area (Å²) in [5.41, 5.74) is 1.98. The predicted molar refractivity (Wildman–Crippen MR) is 163 cm³/mol. The van der Waals surface area contributed by atoms with Crippen LogP contribution >= 0.6 is 11.6 Å². The van der Waals surface area contributed by atoms with Crippen molar-refractivity contribution in [1.82, 2.24) is 10.2 Å². The average Bonchev–Trinajstić information content (AvgIpc) is 2.86. The number of carbonyl (C=O) groups is 3.